The molecule has 0 aromatic carbocycles. The van der Waals surface area contributed by atoms with Crippen molar-refractivity contribution in [3.8, 4) is 0 Å². The minimum atomic E-state index is -3.63. The molecule has 1 unspecified atom stereocenters. The molecule has 1 aliphatic rings. The molecule has 0 aliphatic heterocycles. The first-order chi connectivity index (χ1) is 9.94. The van der Waals surface area contributed by atoms with Crippen molar-refractivity contribution < 1.29 is 13.5 Å². The van der Waals surface area contributed by atoms with Crippen molar-refractivity contribution >= 4 is 10.0 Å². The van der Waals surface area contributed by atoms with E-state index < -0.39 is 10.0 Å². The summed E-state index contributed by atoms with van der Waals surface area (Å²) in [5.41, 5.74) is 0. The van der Waals surface area contributed by atoms with Gasteiger partial charge in [-0.1, -0.05) is 19.3 Å². The van der Waals surface area contributed by atoms with Crippen LogP contribution < -0.4 is 4.72 Å². The summed E-state index contributed by atoms with van der Waals surface area (Å²) in [6, 6.07) is -0.206. The Morgan fingerprint density at radius 1 is 1.43 bits per heavy atom. The molecule has 7 heteroatoms. The van der Waals surface area contributed by atoms with Gasteiger partial charge in [0.2, 0.25) is 0 Å². The van der Waals surface area contributed by atoms with Gasteiger partial charge in [0.15, 0.2) is 5.03 Å². The molecular weight excluding hydrogens is 290 g/mol. The molecule has 1 fully saturated rings. The maximum Gasteiger partial charge on any atom is 0.259 e. The third-order valence-corrected chi connectivity index (χ3v) is 5.69. The van der Waals surface area contributed by atoms with Crippen LogP contribution in [-0.4, -0.2) is 35.7 Å². The van der Waals surface area contributed by atoms with Crippen LogP contribution in [-0.2, 0) is 17.1 Å². The molecule has 0 saturated heterocycles. The van der Waals surface area contributed by atoms with Gasteiger partial charge >= 0.3 is 0 Å². The third kappa shape index (κ3) is 4.05. The first kappa shape index (κ1) is 16.5. The highest BCUT2D eigenvalue weighted by Crippen LogP contribution is 2.28. The zero-order chi connectivity index (χ0) is 15.5. The van der Waals surface area contributed by atoms with E-state index >= 15 is 0 Å². The Bertz CT molecular complexity index is 543. The lowest BCUT2D eigenvalue weighted by Gasteiger charge is -2.30. The van der Waals surface area contributed by atoms with E-state index in [9.17, 15) is 13.5 Å². The molecule has 1 saturated carbocycles. The number of imidazole rings is 1. The molecule has 1 heterocycles. The lowest BCUT2D eigenvalue weighted by atomic mass is 9.83. The van der Waals surface area contributed by atoms with Crippen molar-refractivity contribution in [2.75, 3.05) is 6.61 Å². The Kier molecular flexibility index (Phi) is 5.40. The maximum atomic E-state index is 12.5. The summed E-state index contributed by atoms with van der Waals surface area (Å²) in [7, 11) is -1.85. The van der Waals surface area contributed by atoms with E-state index in [-0.39, 0.29) is 17.7 Å². The smallest absolute Gasteiger partial charge is 0.259 e. The zero-order valence-electron chi connectivity index (χ0n) is 12.7. The number of aromatic nitrogens is 2. The van der Waals surface area contributed by atoms with Crippen LogP contribution >= 0.6 is 0 Å². The van der Waals surface area contributed by atoms with Crippen LogP contribution in [0.15, 0.2) is 11.2 Å². The Morgan fingerprint density at radius 2 is 2.10 bits per heavy atom. The molecule has 0 bridgehead atoms. The number of aliphatic hydroxyl groups is 1. The van der Waals surface area contributed by atoms with Gasteiger partial charge in [0.25, 0.3) is 10.0 Å². The van der Waals surface area contributed by atoms with E-state index in [1.54, 1.807) is 18.5 Å². The van der Waals surface area contributed by atoms with Crippen molar-refractivity contribution in [1.29, 1.82) is 0 Å². The number of sulfonamides is 1. The van der Waals surface area contributed by atoms with Gasteiger partial charge in [-0.2, -0.15) is 0 Å². The predicted octanol–water partition coefficient (Wildman–Crippen LogP) is 1.34. The first-order valence-corrected chi connectivity index (χ1v) is 9.05. The van der Waals surface area contributed by atoms with Crippen LogP contribution in [0.2, 0.25) is 0 Å². The molecule has 6 nitrogen and oxygen atoms in total. The Balaban J connectivity index is 2.14. The number of hydrogen-bond donors (Lipinski definition) is 2. The Labute approximate surface area is 126 Å². The molecule has 1 aromatic heterocycles. The highest BCUT2D eigenvalue weighted by Gasteiger charge is 2.29. The van der Waals surface area contributed by atoms with E-state index in [1.807, 2.05) is 0 Å². The van der Waals surface area contributed by atoms with Gasteiger partial charge in [-0.25, -0.2) is 18.1 Å². The van der Waals surface area contributed by atoms with Gasteiger partial charge < -0.3 is 9.67 Å². The van der Waals surface area contributed by atoms with E-state index in [1.165, 1.54) is 12.6 Å². The Morgan fingerprint density at radius 3 is 2.62 bits per heavy atom. The minimum Gasteiger partial charge on any atom is -0.396 e. The molecule has 21 heavy (non-hydrogen) atoms. The fourth-order valence-electron chi connectivity index (χ4n) is 2.98. The van der Waals surface area contributed by atoms with Crippen molar-refractivity contribution in [2.45, 2.75) is 56.5 Å². The van der Waals surface area contributed by atoms with Crippen molar-refractivity contribution in [3.05, 3.63) is 12.0 Å². The normalized spacial score (nSPS) is 18.8. The highest BCUT2D eigenvalue weighted by molar-refractivity contribution is 7.89. The van der Waals surface area contributed by atoms with Crippen LogP contribution in [0.5, 0.6) is 0 Å². The van der Waals surface area contributed by atoms with Crippen molar-refractivity contribution in [2.24, 2.45) is 13.0 Å². The fraction of sp³-hybridized carbons (Fsp3) is 0.786. The molecule has 120 valence electrons. The minimum absolute atomic E-state index is 0.00900. The third-order valence-electron chi connectivity index (χ3n) is 4.33. The highest BCUT2D eigenvalue weighted by atomic mass is 32.2. The van der Waals surface area contributed by atoms with Gasteiger partial charge in [-0.15, -0.1) is 0 Å². The van der Waals surface area contributed by atoms with Crippen LogP contribution in [0.1, 0.15) is 44.3 Å². The van der Waals surface area contributed by atoms with Gasteiger partial charge in [0.05, 0.1) is 0 Å². The van der Waals surface area contributed by atoms with Crippen molar-refractivity contribution in [1.82, 2.24) is 14.3 Å². The second kappa shape index (κ2) is 6.89. The van der Waals surface area contributed by atoms with Crippen LogP contribution in [0.25, 0.3) is 0 Å². The average Bonchev–Trinajstić information content (AvgIpc) is 2.80. The van der Waals surface area contributed by atoms with E-state index in [4.69, 9.17) is 0 Å². The van der Waals surface area contributed by atoms with E-state index in [0.717, 1.165) is 25.7 Å². The standard InChI is InChI=1S/C14H25N3O3S/c1-11-15-14(10-17(11)2)21(19,20)16-13(8-9-18)12-6-4-3-5-7-12/h10,12-13,16,18H,3-9H2,1-2H3. The molecule has 0 radical (unpaired) electrons. The number of hydrogen-bond acceptors (Lipinski definition) is 4. The lowest BCUT2D eigenvalue weighted by molar-refractivity contribution is 0.221. The second-order valence-corrected chi connectivity index (χ2v) is 7.54. The van der Waals surface area contributed by atoms with E-state index in [0.29, 0.717) is 18.2 Å². The topological polar surface area (TPSA) is 84.2 Å². The van der Waals surface area contributed by atoms with Gasteiger partial charge in [0, 0.05) is 25.9 Å². The molecule has 0 spiro atoms. The molecule has 0 amide bonds. The average molecular weight is 315 g/mol. The number of aliphatic hydroxyl groups excluding tert-OH is 1. The summed E-state index contributed by atoms with van der Waals surface area (Å²) in [6.07, 6.45) is 7.51. The molecular formula is C14H25N3O3S. The van der Waals surface area contributed by atoms with Crippen LogP contribution in [0.3, 0.4) is 0 Å². The quantitative estimate of drug-likeness (QED) is 0.829. The zero-order valence-corrected chi connectivity index (χ0v) is 13.6. The monoisotopic (exact) mass is 315 g/mol. The summed E-state index contributed by atoms with van der Waals surface area (Å²) in [5.74, 6) is 0.970. The SMILES string of the molecule is Cc1nc(S(=O)(=O)NC(CCO)C2CCCCC2)cn1C. The van der Waals surface area contributed by atoms with Crippen LogP contribution in [0.4, 0.5) is 0 Å². The lowest BCUT2D eigenvalue weighted by Crippen LogP contribution is -2.41. The fourth-order valence-corrected chi connectivity index (χ4v) is 4.36. The molecule has 2 rings (SSSR count). The Hall–Kier alpha value is -0.920. The summed E-state index contributed by atoms with van der Waals surface area (Å²) in [6.45, 7) is 1.76. The maximum absolute atomic E-state index is 12.5. The number of nitrogens with one attached hydrogen (secondary N) is 1. The number of nitrogens with zero attached hydrogens (tertiary/aromatic N) is 2. The summed E-state index contributed by atoms with van der Waals surface area (Å²) < 4.78 is 29.4. The van der Waals surface area contributed by atoms with Gasteiger partial charge in [0.1, 0.15) is 5.82 Å². The number of rotatable bonds is 6. The van der Waals surface area contributed by atoms with E-state index in [2.05, 4.69) is 9.71 Å². The molecule has 2 N–H and O–H groups in total. The molecule has 1 aromatic rings. The predicted molar refractivity (Wildman–Crippen MR) is 80.3 cm³/mol. The second-order valence-electron chi connectivity index (χ2n) is 5.88. The molecule has 1 atom stereocenters. The summed E-state index contributed by atoms with van der Waals surface area (Å²) in [4.78, 5) is 4.09. The first-order valence-electron chi connectivity index (χ1n) is 7.57. The largest absolute Gasteiger partial charge is 0.396 e. The van der Waals surface area contributed by atoms with Crippen LogP contribution in [0, 0.1) is 12.8 Å². The summed E-state index contributed by atoms with van der Waals surface area (Å²) >= 11 is 0. The summed E-state index contributed by atoms with van der Waals surface area (Å²) in [5, 5.41) is 9.29. The van der Waals surface area contributed by atoms with Crippen molar-refractivity contribution in [3.63, 3.8) is 0 Å². The van der Waals surface area contributed by atoms with Gasteiger partial charge in [-0.05, 0) is 32.1 Å². The van der Waals surface area contributed by atoms with Gasteiger partial charge in [-0.3, -0.25) is 0 Å². The number of aryl methyl sites for hydroxylation is 2. The molecule has 1 aliphatic carbocycles.